The highest BCUT2D eigenvalue weighted by atomic mass is 35.5. The van der Waals surface area contributed by atoms with E-state index in [1.165, 1.54) is 0 Å². The monoisotopic (exact) mass is 361 g/mol. The maximum absolute atomic E-state index is 12.6. The molecule has 2 rings (SSSR count). The lowest BCUT2D eigenvalue weighted by Crippen LogP contribution is -2.55. The molecule has 0 unspecified atom stereocenters. The van der Waals surface area contributed by atoms with E-state index in [1.54, 1.807) is 0 Å². The predicted octanol–water partition coefficient (Wildman–Crippen LogP) is 1.46. The highest BCUT2D eigenvalue weighted by Gasteiger charge is 2.41. The number of halogens is 1. The normalized spacial score (nSPS) is 20.5. The molecule has 24 heavy (non-hydrogen) atoms. The summed E-state index contributed by atoms with van der Waals surface area (Å²) in [5, 5.41) is 2.97. The molecule has 0 aromatic carbocycles. The van der Waals surface area contributed by atoms with Gasteiger partial charge in [0.15, 0.2) is 0 Å². The molecule has 140 valence electrons. The van der Waals surface area contributed by atoms with Gasteiger partial charge in [-0.1, -0.05) is 12.8 Å². The van der Waals surface area contributed by atoms with E-state index in [9.17, 15) is 9.59 Å². The molecule has 0 aromatic heterocycles. The van der Waals surface area contributed by atoms with Crippen molar-refractivity contribution in [2.24, 2.45) is 11.7 Å². The Morgan fingerprint density at radius 3 is 2.46 bits per heavy atom. The standard InChI is InChI=1S/C17H31N3O3.ClH/c1-2-23-13-5-10-19-15(21)14-6-11-20(12-7-14)16(22)17(18)8-3-4-9-17;/h14H,2-13,18H2,1H3,(H,19,21);1H. The first kappa shape index (κ1) is 21.2. The number of likely N-dealkylation sites (tertiary alicyclic amines) is 1. The van der Waals surface area contributed by atoms with Crippen molar-refractivity contribution in [3.05, 3.63) is 0 Å². The zero-order chi connectivity index (χ0) is 16.7. The summed E-state index contributed by atoms with van der Waals surface area (Å²) in [6, 6.07) is 0. The summed E-state index contributed by atoms with van der Waals surface area (Å²) in [4.78, 5) is 26.6. The second kappa shape index (κ2) is 10.2. The van der Waals surface area contributed by atoms with Crippen LogP contribution in [-0.4, -0.2) is 55.1 Å². The van der Waals surface area contributed by atoms with Crippen molar-refractivity contribution >= 4 is 24.2 Å². The van der Waals surface area contributed by atoms with Gasteiger partial charge in [-0.15, -0.1) is 12.4 Å². The van der Waals surface area contributed by atoms with Crippen LogP contribution in [0.3, 0.4) is 0 Å². The molecule has 1 saturated carbocycles. The molecule has 0 radical (unpaired) electrons. The van der Waals surface area contributed by atoms with Crippen LogP contribution in [-0.2, 0) is 14.3 Å². The van der Waals surface area contributed by atoms with Gasteiger partial charge in [0.05, 0.1) is 5.54 Å². The highest BCUT2D eigenvalue weighted by Crippen LogP contribution is 2.30. The number of hydrogen-bond donors (Lipinski definition) is 2. The average Bonchev–Trinajstić information content (AvgIpc) is 3.02. The van der Waals surface area contributed by atoms with E-state index in [-0.39, 0.29) is 30.1 Å². The molecule has 2 amide bonds. The fourth-order valence-corrected chi connectivity index (χ4v) is 3.55. The fourth-order valence-electron chi connectivity index (χ4n) is 3.55. The topological polar surface area (TPSA) is 84.7 Å². The van der Waals surface area contributed by atoms with Gasteiger partial charge in [-0.3, -0.25) is 9.59 Å². The second-order valence-corrected chi connectivity index (χ2v) is 6.77. The summed E-state index contributed by atoms with van der Waals surface area (Å²) in [5.74, 6) is 0.214. The molecule has 1 aliphatic carbocycles. The van der Waals surface area contributed by atoms with E-state index in [0.717, 1.165) is 44.9 Å². The van der Waals surface area contributed by atoms with Crippen molar-refractivity contribution in [3.63, 3.8) is 0 Å². The summed E-state index contributed by atoms with van der Waals surface area (Å²) < 4.78 is 5.25. The Balaban J connectivity index is 0.00000288. The summed E-state index contributed by atoms with van der Waals surface area (Å²) >= 11 is 0. The van der Waals surface area contributed by atoms with Gasteiger partial charge in [-0.05, 0) is 39.0 Å². The quantitative estimate of drug-likeness (QED) is 0.672. The Kier molecular flexibility index (Phi) is 9.02. The van der Waals surface area contributed by atoms with Crippen molar-refractivity contribution in [1.82, 2.24) is 10.2 Å². The Hall–Kier alpha value is -0.850. The zero-order valence-electron chi connectivity index (χ0n) is 14.7. The maximum Gasteiger partial charge on any atom is 0.242 e. The van der Waals surface area contributed by atoms with Gasteiger partial charge in [0, 0.05) is 38.8 Å². The van der Waals surface area contributed by atoms with Crippen LogP contribution in [0.15, 0.2) is 0 Å². The van der Waals surface area contributed by atoms with Crippen LogP contribution in [0.2, 0.25) is 0 Å². The Labute approximate surface area is 151 Å². The Morgan fingerprint density at radius 2 is 1.88 bits per heavy atom. The van der Waals surface area contributed by atoms with Crippen molar-refractivity contribution in [2.45, 2.75) is 57.4 Å². The van der Waals surface area contributed by atoms with E-state index in [1.807, 2.05) is 11.8 Å². The van der Waals surface area contributed by atoms with Gasteiger partial charge in [0.1, 0.15) is 0 Å². The first-order valence-electron chi connectivity index (χ1n) is 9.00. The molecule has 6 nitrogen and oxygen atoms in total. The van der Waals surface area contributed by atoms with Gasteiger partial charge in [0.2, 0.25) is 11.8 Å². The van der Waals surface area contributed by atoms with Gasteiger partial charge >= 0.3 is 0 Å². The second-order valence-electron chi connectivity index (χ2n) is 6.77. The van der Waals surface area contributed by atoms with Gasteiger partial charge in [-0.2, -0.15) is 0 Å². The molecule has 0 bridgehead atoms. The molecule has 7 heteroatoms. The third-order valence-electron chi connectivity index (χ3n) is 5.04. The van der Waals surface area contributed by atoms with Crippen molar-refractivity contribution in [2.75, 3.05) is 32.8 Å². The zero-order valence-corrected chi connectivity index (χ0v) is 15.5. The van der Waals surface area contributed by atoms with E-state index in [0.29, 0.717) is 32.8 Å². The summed E-state index contributed by atoms with van der Waals surface area (Å²) in [5.41, 5.74) is 5.61. The molecule has 2 fully saturated rings. The number of carbonyl (C=O) groups is 2. The van der Waals surface area contributed by atoms with E-state index < -0.39 is 5.54 Å². The molecule has 1 aliphatic heterocycles. The van der Waals surface area contributed by atoms with Crippen LogP contribution in [0, 0.1) is 5.92 Å². The largest absolute Gasteiger partial charge is 0.382 e. The fraction of sp³-hybridized carbons (Fsp3) is 0.882. The van der Waals surface area contributed by atoms with Crippen molar-refractivity contribution in [3.8, 4) is 0 Å². The lowest BCUT2D eigenvalue weighted by Gasteiger charge is -2.36. The maximum atomic E-state index is 12.6. The number of nitrogens with zero attached hydrogens (tertiary/aromatic N) is 1. The average molecular weight is 362 g/mol. The molecule has 3 N–H and O–H groups in total. The van der Waals surface area contributed by atoms with E-state index in [4.69, 9.17) is 10.5 Å². The lowest BCUT2D eigenvalue weighted by atomic mass is 9.92. The summed E-state index contributed by atoms with van der Waals surface area (Å²) in [6.07, 6.45) is 5.99. The van der Waals surface area contributed by atoms with Crippen LogP contribution >= 0.6 is 12.4 Å². The lowest BCUT2D eigenvalue weighted by molar-refractivity contribution is -0.140. The minimum absolute atomic E-state index is 0. The predicted molar refractivity (Wildman–Crippen MR) is 96.1 cm³/mol. The minimum Gasteiger partial charge on any atom is -0.382 e. The van der Waals surface area contributed by atoms with Gasteiger partial charge in [0.25, 0.3) is 0 Å². The molecular weight excluding hydrogens is 330 g/mol. The van der Waals surface area contributed by atoms with Gasteiger partial charge < -0.3 is 20.7 Å². The van der Waals surface area contributed by atoms with Crippen LogP contribution < -0.4 is 11.1 Å². The first-order chi connectivity index (χ1) is 11.1. The smallest absolute Gasteiger partial charge is 0.242 e. The molecule has 0 atom stereocenters. The third kappa shape index (κ3) is 5.60. The highest BCUT2D eigenvalue weighted by molar-refractivity contribution is 5.87. The first-order valence-corrected chi connectivity index (χ1v) is 9.00. The van der Waals surface area contributed by atoms with Crippen LogP contribution in [0.5, 0.6) is 0 Å². The third-order valence-corrected chi connectivity index (χ3v) is 5.04. The molecular formula is C17H32ClN3O3. The SMILES string of the molecule is CCOCCCNC(=O)C1CCN(C(=O)C2(N)CCCC2)CC1.Cl. The van der Waals surface area contributed by atoms with Gasteiger partial charge in [-0.25, -0.2) is 0 Å². The Bertz CT molecular complexity index is 406. The van der Waals surface area contributed by atoms with E-state index >= 15 is 0 Å². The van der Waals surface area contributed by atoms with Crippen LogP contribution in [0.4, 0.5) is 0 Å². The molecule has 0 aromatic rings. The molecule has 2 aliphatic rings. The Morgan fingerprint density at radius 1 is 1.25 bits per heavy atom. The molecule has 1 heterocycles. The van der Waals surface area contributed by atoms with Crippen LogP contribution in [0.1, 0.15) is 51.9 Å². The number of amides is 2. The number of nitrogens with two attached hydrogens (primary N) is 1. The van der Waals surface area contributed by atoms with Crippen molar-refractivity contribution in [1.29, 1.82) is 0 Å². The molecule has 0 spiro atoms. The number of ether oxygens (including phenoxy) is 1. The van der Waals surface area contributed by atoms with Crippen LogP contribution in [0.25, 0.3) is 0 Å². The number of piperidine rings is 1. The summed E-state index contributed by atoms with van der Waals surface area (Å²) in [7, 11) is 0. The number of nitrogens with one attached hydrogen (secondary N) is 1. The minimum atomic E-state index is -0.644. The number of carbonyl (C=O) groups excluding carboxylic acids is 2. The number of rotatable bonds is 7. The van der Waals surface area contributed by atoms with E-state index in [2.05, 4.69) is 5.32 Å². The van der Waals surface area contributed by atoms with Crippen molar-refractivity contribution < 1.29 is 14.3 Å². The molecule has 1 saturated heterocycles. The summed E-state index contributed by atoms with van der Waals surface area (Å²) in [6.45, 7) is 5.31. The number of hydrogen-bond acceptors (Lipinski definition) is 4.